The van der Waals surface area contributed by atoms with Gasteiger partial charge in [0.25, 0.3) is 0 Å². The van der Waals surface area contributed by atoms with Crippen molar-refractivity contribution in [2.45, 2.75) is 19.4 Å². The molecule has 0 aliphatic rings. The second-order valence-electron chi connectivity index (χ2n) is 4.67. The van der Waals surface area contributed by atoms with Gasteiger partial charge in [0.15, 0.2) is 0 Å². The average molecular weight is 297 g/mol. The molecule has 0 aromatic heterocycles. The van der Waals surface area contributed by atoms with Gasteiger partial charge >= 0.3 is 0 Å². The third-order valence-electron chi connectivity index (χ3n) is 3.22. The molecule has 20 heavy (non-hydrogen) atoms. The highest BCUT2D eigenvalue weighted by Crippen LogP contribution is 2.23. The summed E-state index contributed by atoms with van der Waals surface area (Å²) in [6, 6.07) is 8.77. The van der Waals surface area contributed by atoms with Gasteiger partial charge < -0.3 is 0 Å². The van der Waals surface area contributed by atoms with E-state index in [1.54, 1.807) is 25.1 Å². The number of hydrazine groups is 1. The summed E-state index contributed by atoms with van der Waals surface area (Å²) in [7, 11) is 0. The SMILES string of the molecule is Cc1cc(C(Cc2cc(Cl)ccc2F)NN)ccc1F. The first-order chi connectivity index (χ1) is 9.51. The number of hydrogen-bond donors (Lipinski definition) is 2. The fraction of sp³-hybridized carbons (Fsp3) is 0.200. The van der Waals surface area contributed by atoms with Gasteiger partial charge in [0.2, 0.25) is 0 Å². The van der Waals surface area contributed by atoms with Gasteiger partial charge in [-0.2, -0.15) is 0 Å². The lowest BCUT2D eigenvalue weighted by Crippen LogP contribution is -2.30. The lowest BCUT2D eigenvalue weighted by atomic mass is 9.97. The van der Waals surface area contributed by atoms with E-state index in [4.69, 9.17) is 17.4 Å². The first-order valence-corrected chi connectivity index (χ1v) is 6.55. The predicted molar refractivity (Wildman–Crippen MR) is 76.3 cm³/mol. The maximum Gasteiger partial charge on any atom is 0.126 e. The normalized spacial score (nSPS) is 12.4. The Hall–Kier alpha value is -1.49. The van der Waals surface area contributed by atoms with E-state index in [1.807, 2.05) is 0 Å². The fourth-order valence-corrected chi connectivity index (χ4v) is 2.27. The standard InChI is InChI=1S/C15H15ClF2N2/c1-9-6-10(2-4-13(9)17)15(20-19)8-11-7-12(16)3-5-14(11)18/h2-7,15,20H,8,19H2,1H3. The van der Waals surface area contributed by atoms with Crippen LogP contribution in [0.5, 0.6) is 0 Å². The zero-order valence-electron chi connectivity index (χ0n) is 11.0. The van der Waals surface area contributed by atoms with Crippen LogP contribution in [0.3, 0.4) is 0 Å². The number of nitrogens with one attached hydrogen (secondary N) is 1. The van der Waals surface area contributed by atoms with Crippen molar-refractivity contribution in [3.8, 4) is 0 Å². The molecule has 0 heterocycles. The van der Waals surface area contributed by atoms with Gasteiger partial charge in [0.05, 0.1) is 6.04 Å². The lowest BCUT2D eigenvalue weighted by molar-refractivity contribution is 0.527. The Bertz CT molecular complexity index is 617. The number of nitrogens with two attached hydrogens (primary N) is 1. The van der Waals surface area contributed by atoms with Crippen LogP contribution in [0.1, 0.15) is 22.7 Å². The van der Waals surface area contributed by atoms with Crippen molar-refractivity contribution in [2.75, 3.05) is 0 Å². The molecule has 106 valence electrons. The quantitative estimate of drug-likeness (QED) is 0.667. The summed E-state index contributed by atoms with van der Waals surface area (Å²) in [5.74, 6) is 4.91. The Kier molecular flexibility index (Phi) is 4.70. The van der Waals surface area contributed by atoms with Crippen molar-refractivity contribution >= 4 is 11.6 Å². The van der Waals surface area contributed by atoms with Gasteiger partial charge in [-0.25, -0.2) is 8.78 Å². The molecule has 0 saturated heterocycles. The van der Waals surface area contributed by atoms with Crippen LogP contribution in [0.2, 0.25) is 5.02 Å². The first kappa shape index (κ1) is 14.9. The third kappa shape index (κ3) is 3.33. The van der Waals surface area contributed by atoms with E-state index < -0.39 is 0 Å². The Labute approximate surface area is 121 Å². The van der Waals surface area contributed by atoms with Crippen molar-refractivity contribution in [3.05, 3.63) is 69.7 Å². The molecule has 2 nitrogen and oxygen atoms in total. The van der Waals surface area contributed by atoms with Crippen LogP contribution in [-0.4, -0.2) is 0 Å². The van der Waals surface area contributed by atoms with E-state index in [9.17, 15) is 8.78 Å². The van der Waals surface area contributed by atoms with E-state index >= 15 is 0 Å². The first-order valence-electron chi connectivity index (χ1n) is 6.17. The molecule has 3 N–H and O–H groups in total. The van der Waals surface area contributed by atoms with Crippen LogP contribution in [0.4, 0.5) is 8.78 Å². The van der Waals surface area contributed by atoms with Crippen LogP contribution in [0.25, 0.3) is 0 Å². The minimum atomic E-state index is -0.339. The van der Waals surface area contributed by atoms with Gasteiger partial charge in [-0.3, -0.25) is 11.3 Å². The summed E-state index contributed by atoms with van der Waals surface area (Å²) < 4.78 is 27.0. The Morgan fingerprint density at radius 3 is 2.50 bits per heavy atom. The van der Waals surface area contributed by atoms with Crippen molar-refractivity contribution in [2.24, 2.45) is 5.84 Å². The highest BCUT2D eigenvalue weighted by atomic mass is 35.5. The second kappa shape index (κ2) is 6.31. The molecule has 5 heteroatoms. The summed E-state index contributed by atoms with van der Waals surface area (Å²) in [6.45, 7) is 1.67. The highest BCUT2D eigenvalue weighted by Gasteiger charge is 2.14. The van der Waals surface area contributed by atoms with Crippen LogP contribution < -0.4 is 11.3 Å². The van der Waals surface area contributed by atoms with Crippen molar-refractivity contribution in [3.63, 3.8) is 0 Å². The molecule has 2 aromatic carbocycles. The van der Waals surface area contributed by atoms with E-state index in [2.05, 4.69) is 5.43 Å². The van der Waals surface area contributed by atoms with E-state index in [1.165, 1.54) is 18.2 Å². The van der Waals surface area contributed by atoms with Crippen LogP contribution in [0, 0.1) is 18.6 Å². The van der Waals surface area contributed by atoms with Crippen molar-refractivity contribution < 1.29 is 8.78 Å². The molecule has 0 aliphatic carbocycles. The number of aryl methyl sites for hydroxylation is 1. The van der Waals surface area contributed by atoms with Crippen LogP contribution in [0.15, 0.2) is 36.4 Å². The molecule has 0 radical (unpaired) electrons. The number of rotatable bonds is 4. The van der Waals surface area contributed by atoms with Crippen molar-refractivity contribution in [1.29, 1.82) is 0 Å². The predicted octanol–water partition coefficient (Wildman–Crippen LogP) is 3.67. The molecule has 0 saturated carbocycles. The fourth-order valence-electron chi connectivity index (χ4n) is 2.08. The molecular weight excluding hydrogens is 282 g/mol. The highest BCUT2D eigenvalue weighted by molar-refractivity contribution is 6.30. The molecule has 0 amide bonds. The number of benzene rings is 2. The summed E-state index contributed by atoms with van der Waals surface area (Å²) in [4.78, 5) is 0. The molecule has 0 spiro atoms. The summed E-state index contributed by atoms with van der Waals surface area (Å²) >= 11 is 5.87. The van der Waals surface area contributed by atoms with Crippen molar-refractivity contribution in [1.82, 2.24) is 5.43 Å². The minimum Gasteiger partial charge on any atom is -0.271 e. The monoisotopic (exact) mass is 296 g/mol. The lowest BCUT2D eigenvalue weighted by Gasteiger charge is -2.17. The molecule has 1 atom stereocenters. The molecule has 1 unspecified atom stereocenters. The number of hydrogen-bond acceptors (Lipinski definition) is 2. The Balaban J connectivity index is 2.28. The smallest absolute Gasteiger partial charge is 0.126 e. The van der Waals surface area contributed by atoms with E-state index in [0.717, 1.165) is 5.56 Å². The maximum absolute atomic E-state index is 13.7. The maximum atomic E-state index is 13.7. The minimum absolute atomic E-state index is 0.279. The molecule has 0 bridgehead atoms. The third-order valence-corrected chi connectivity index (χ3v) is 3.45. The molecule has 2 rings (SSSR count). The van der Waals surface area contributed by atoms with E-state index in [-0.39, 0.29) is 17.7 Å². The van der Waals surface area contributed by atoms with Gasteiger partial charge in [-0.15, -0.1) is 0 Å². The van der Waals surface area contributed by atoms with Gasteiger partial charge in [0, 0.05) is 5.02 Å². The molecular formula is C15H15ClF2N2. The van der Waals surface area contributed by atoms with Gasteiger partial charge in [0.1, 0.15) is 11.6 Å². The second-order valence-corrected chi connectivity index (χ2v) is 5.10. The Morgan fingerprint density at radius 1 is 1.15 bits per heavy atom. The van der Waals surface area contributed by atoms with E-state index in [0.29, 0.717) is 22.6 Å². The zero-order valence-corrected chi connectivity index (χ0v) is 11.7. The zero-order chi connectivity index (χ0) is 14.7. The van der Waals surface area contributed by atoms with Gasteiger partial charge in [-0.05, 0) is 54.3 Å². The largest absolute Gasteiger partial charge is 0.271 e. The van der Waals surface area contributed by atoms with Gasteiger partial charge in [-0.1, -0.05) is 23.7 Å². The number of halogens is 3. The average Bonchev–Trinajstić information content (AvgIpc) is 2.43. The molecule has 2 aromatic rings. The molecule has 0 fully saturated rings. The van der Waals surface area contributed by atoms with Crippen LogP contribution in [-0.2, 0) is 6.42 Å². The summed E-state index contributed by atoms with van der Waals surface area (Å²) in [5.41, 5.74) is 4.41. The molecule has 0 aliphatic heterocycles. The topological polar surface area (TPSA) is 38.0 Å². The Morgan fingerprint density at radius 2 is 1.85 bits per heavy atom. The summed E-state index contributed by atoms with van der Waals surface area (Å²) in [5, 5.41) is 0.465. The summed E-state index contributed by atoms with van der Waals surface area (Å²) in [6.07, 6.45) is 0.327. The van der Waals surface area contributed by atoms with Crippen LogP contribution >= 0.6 is 11.6 Å².